The number of hydrogen-bond acceptors (Lipinski definition) is 2. The highest BCUT2D eigenvalue weighted by atomic mass is 15.0. The van der Waals surface area contributed by atoms with Crippen molar-refractivity contribution in [2.45, 2.75) is 0 Å². The highest BCUT2D eigenvalue weighted by Crippen LogP contribution is 2.39. The fourth-order valence-corrected chi connectivity index (χ4v) is 4.84. The average molecular weight is 384 g/mol. The van der Waals surface area contributed by atoms with Crippen LogP contribution in [0.5, 0.6) is 0 Å². The van der Waals surface area contributed by atoms with Gasteiger partial charge in [0.15, 0.2) is 0 Å². The molecular weight excluding hydrogens is 368 g/mol. The summed E-state index contributed by atoms with van der Waals surface area (Å²) in [5.41, 5.74) is 5.65. The second-order valence-corrected chi connectivity index (χ2v) is 7.59. The van der Waals surface area contributed by atoms with Gasteiger partial charge in [0.05, 0.1) is 16.6 Å². The Hall–Kier alpha value is -4.18. The lowest BCUT2D eigenvalue weighted by Gasteiger charge is -2.13. The van der Waals surface area contributed by atoms with E-state index in [2.05, 4.69) is 91.7 Å². The topological polar surface area (TPSA) is 35.1 Å². The predicted molar refractivity (Wildman–Crippen MR) is 122 cm³/mol. The Bertz CT molecular complexity index is 1740. The maximum atomic E-state index is 4.63. The fourth-order valence-electron chi connectivity index (χ4n) is 4.84. The van der Waals surface area contributed by atoms with Crippen LogP contribution in [-0.4, -0.2) is 18.9 Å². The molecule has 4 heterocycles. The normalized spacial score (nSPS) is 12.0. The summed E-state index contributed by atoms with van der Waals surface area (Å²) in [5, 5.41) is 5.92. The molecule has 4 nitrogen and oxygen atoms in total. The minimum absolute atomic E-state index is 0.960. The lowest BCUT2D eigenvalue weighted by Crippen LogP contribution is -1.97. The standard InChI is InChI=1S/C26H16N4/c1-2-6-17(7-3-1)30-22-9-5-4-8-18(22)19-10-11-23-24(25(19)30)21-16-27-13-12-20(21)26-28-14-15-29(23)26/h1-16H. The average Bonchev–Trinajstić information content (AvgIpc) is 3.43. The second-order valence-electron chi connectivity index (χ2n) is 7.59. The molecule has 4 aromatic heterocycles. The summed E-state index contributed by atoms with van der Waals surface area (Å²) < 4.78 is 4.56. The predicted octanol–water partition coefficient (Wildman–Crippen LogP) is 6.13. The van der Waals surface area contributed by atoms with Crippen LogP contribution in [0, 0.1) is 0 Å². The van der Waals surface area contributed by atoms with E-state index in [0.29, 0.717) is 0 Å². The number of pyridine rings is 2. The zero-order valence-electron chi connectivity index (χ0n) is 16.0. The molecule has 3 aromatic carbocycles. The second kappa shape index (κ2) is 5.67. The van der Waals surface area contributed by atoms with Crippen molar-refractivity contribution in [1.29, 1.82) is 0 Å². The van der Waals surface area contributed by atoms with Crippen LogP contribution >= 0.6 is 0 Å². The SMILES string of the molecule is c1ccc(-n2c3ccccc3c3ccc4c(c5cnccc5c5nccn45)c32)cc1. The van der Waals surface area contributed by atoms with Gasteiger partial charge in [0.2, 0.25) is 0 Å². The Morgan fingerprint density at radius 1 is 0.633 bits per heavy atom. The molecule has 0 amide bonds. The van der Waals surface area contributed by atoms with Crippen molar-refractivity contribution in [3.63, 3.8) is 0 Å². The van der Waals surface area contributed by atoms with E-state index in [1.165, 1.54) is 27.2 Å². The summed E-state index contributed by atoms with van der Waals surface area (Å²) in [7, 11) is 0. The van der Waals surface area contributed by atoms with Crippen molar-refractivity contribution < 1.29 is 0 Å². The number of benzene rings is 3. The highest BCUT2D eigenvalue weighted by Gasteiger charge is 2.18. The lowest BCUT2D eigenvalue weighted by atomic mass is 10.0. The van der Waals surface area contributed by atoms with E-state index < -0.39 is 0 Å². The van der Waals surface area contributed by atoms with Crippen LogP contribution in [0.25, 0.3) is 54.8 Å². The fraction of sp³-hybridized carbons (Fsp3) is 0. The zero-order chi connectivity index (χ0) is 19.7. The Balaban J connectivity index is 1.87. The van der Waals surface area contributed by atoms with E-state index in [1.54, 1.807) is 0 Å². The summed E-state index contributed by atoms with van der Waals surface area (Å²) in [5.74, 6) is 0. The number of rotatable bonds is 1. The molecule has 7 rings (SSSR count). The third-order valence-electron chi connectivity index (χ3n) is 6.06. The van der Waals surface area contributed by atoms with Gasteiger partial charge in [0.1, 0.15) is 5.65 Å². The van der Waals surface area contributed by atoms with Crippen LogP contribution in [0.1, 0.15) is 0 Å². The molecule has 0 saturated heterocycles. The van der Waals surface area contributed by atoms with Crippen LogP contribution in [0.15, 0.2) is 97.6 Å². The molecule has 0 radical (unpaired) electrons. The van der Waals surface area contributed by atoms with Gasteiger partial charge in [-0.25, -0.2) is 4.98 Å². The molecule has 0 bridgehead atoms. The molecule has 0 fully saturated rings. The highest BCUT2D eigenvalue weighted by molar-refractivity contribution is 6.26. The van der Waals surface area contributed by atoms with Crippen molar-refractivity contribution in [1.82, 2.24) is 18.9 Å². The van der Waals surface area contributed by atoms with E-state index in [0.717, 1.165) is 27.6 Å². The van der Waals surface area contributed by atoms with Crippen molar-refractivity contribution in [3.05, 3.63) is 97.6 Å². The van der Waals surface area contributed by atoms with Crippen molar-refractivity contribution in [2.24, 2.45) is 0 Å². The largest absolute Gasteiger partial charge is 0.309 e. The summed E-state index contributed by atoms with van der Waals surface area (Å²) in [6, 6.07) is 25.7. The summed E-state index contributed by atoms with van der Waals surface area (Å²) >= 11 is 0. The zero-order valence-corrected chi connectivity index (χ0v) is 16.0. The van der Waals surface area contributed by atoms with E-state index in [1.807, 2.05) is 24.8 Å². The molecule has 0 unspecified atom stereocenters. The number of nitrogens with zero attached hydrogens (tertiary/aromatic N) is 4. The van der Waals surface area contributed by atoms with Gasteiger partial charge in [-0.1, -0.05) is 42.5 Å². The lowest BCUT2D eigenvalue weighted by molar-refractivity contribution is 1.18. The first-order chi connectivity index (χ1) is 14.9. The summed E-state index contributed by atoms with van der Waals surface area (Å²) in [6.45, 7) is 0. The number of hydrogen-bond donors (Lipinski definition) is 0. The molecule has 30 heavy (non-hydrogen) atoms. The van der Waals surface area contributed by atoms with Crippen molar-refractivity contribution in [2.75, 3.05) is 0 Å². The molecule has 0 aliphatic rings. The molecule has 0 aliphatic heterocycles. The van der Waals surface area contributed by atoms with Gasteiger partial charge in [0.25, 0.3) is 0 Å². The van der Waals surface area contributed by atoms with Crippen molar-refractivity contribution in [3.8, 4) is 5.69 Å². The molecule has 140 valence electrons. The third kappa shape index (κ3) is 1.90. The van der Waals surface area contributed by atoms with Gasteiger partial charge in [-0.2, -0.15) is 0 Å². The first kappa shape index (κ1) is 15.7. The summed E-state index contributed by atoms with van der Waals surface area (Å²) in [4.78, 5) is 9.10. The van der Waals surface area contributed by atoms with Crippen LogP contribution < -0.4 is 0 Å². The van der Waals surface area contributed by atoms with Crippen LogP contribution in [-0.2, 0) is 0 Å². The van der Waals surface area contributed by atoms with Crippen LogP contribution in [0.2, 0.25) is 0 Å². The molecule has 0 spiro atoms. The molecule has 0 aliphatic carbocycles. The Kier molecular flexibility index (Phi) is 2.97. The molecule has 0 N–H and O–H groups in total. The number of imidazole rings is 1. The Morgan fingerprint density at radius 2 is 1.50 bits per heavy atom. The van der Waals surface area contributed by atoms with Crippen LogP contribution in [0.4, 0.5) is 0 Å². The number of fused-ring (bicyclic) bond motifs is 10. The monoisotopic (exact) mass is 384 g/mol. The van der Waals surface area contributed by atoms with Gasteiger partial charge in [0, 0.05) is 57.4 Å². The smallest absolute Gasteiger partial charge is 0.145 e. The number of aromatic nitrogens is 4. The van der Waals surface area contributed by atoms with Crippen molar-refractivity contribution >= 4 is 49.1 Å². The number of para-hydroxylation sites is 2. The maximum Gasteiger partial charge on any atom is 0.145 e. The Morgan fingerprint density at radius 3 is 2.43 bits per heavy atom. The maximum absolute atomic E-state index is 4.63. The third-order valence-corrected chi connectivity index (χ3v) is 6.06. The quantitative estimate of drug-likeness (QED) is 0.319. The van der Waals surface area contributed by atoms with E-state index in [4.69, 9.17) is 0 Å². The van der Waals surface area contributed by atoms with Gasteiger partial charge in [-0.3, -0.25) is 9.38 Å². The first-order valence-electron chi connectivity index (χ1n) is 10.0. The first-order valence-corrected chi connectivity index (χ1v) is 10.0. The van der Waals surface area contributed by atoms with Gasteiger partial charge >= 0.3 is 0 Å². The van der Waals surface area contributed by atoms with E-state index in [-0.39, 0.29) is 0 Å². The van der Waals surface area contributed by atoms with Gasteiger partial charge < -0.3 is 4.57 Å². The molecule has 7 aromatic rings. The molecule has 0 saturated carbocycles. The minimum atomic E-state index is 0.960. The molecule has 0 atom stereocenters. The Labute approximate surface area is 171 Å². The molecular formula is C26H16N4. The van der Waals surface area contributed by atoms with Gasteiger partial charge in [-0.05, 0) is 30.3 Å². The van der Waals surface area contributed by atoms with E-state index >= 15 is 0 Å². The summed E-state index contributed by atoms with van der Waals surface area (Å²) in [6.07, 6.45) is 7.72. The molecule has 4 heteroatoms. The van der Waals surface area contributed by atoms with Crippen LogP contribution in [0.3, 0.4) is 0 Å². The van der Waals surface area contributed by atoms with Gasteiger partial charge in [-0.15, -0.1) is 0 Å². The minimum Gasteiger partial charge on any atom is -0.309 e. The van der Waals surface area contributed by atoms with E-state index in [9.17, 15) is 0 Å².